The van der Waals surface area contributed by atoms with Crippen LogP contribution >= 0.6 is 12.2 Å². The number of nitrogens with one attached hydrogen (secondary N) is 2. The van der Waals surface area contributed by atoms with Crippen molar-refractivity contribution in [2.75, 3.05) is 0 Å². The number of hydrogen-bond acceptors (Lipinski definition) is 4. The topological polar surface area (TPSA) is 59.6 Å². The number of carbonyl (C=O) groups is 1. The average Bonchev–Trinajstić information content (AvgIpc) is 2.66. The molecule has 0 saturated carbocycles. The lowest BCUT2D eigenvalue weighted by Crippen LogP contribution is -2.45. The van der Waals surface area contributed by atoms with Crippen LogP contribution in [0, 0.1) is 0 Å². The summed E-state index contributed by atoms with van der Waals surface area (Å²) in [6, 6.07) is 13.7. The van der Waals surface area contributed by atoms with Crippen molar-refractivity contribution in [1.82, 2.24) is 10.6 Å². The molecule has 1 aliphatic rings. The molecule has 2 N–H and O–H groups in total. The third kappa shape index (κ3) is 5.47. The van der Waals surface area contributed by atoms with E-state index < -0.39 is 18.4 Å². The molecule has 0 aromatic heterocycles. The van der Waals surface area contributed by atoms with Gasteiger partial charge in [0.2, 0.25) is 0 Å². The Hall–Kier alpha value is -3.07. The maximum atomic E-state index is 12.8. The van der Waals surface area contributed by atoms with Crippen LogP contribution in [0.15, 0.2) is 65.9 Å². The van der Waals surface area contributed by atoms with Crippen molar-refractivity contribution in [1.29, 1.82) is 0 Å². The van der Waals surface area contributed by atoms with E-state index >= 15 is 0 Å². The number of ether oxygens (including phenoxy) is 2. The minimum absolute atomic E-state index is 0.0893. The van der Waals surface area contributed by atoms with E-state index in [1.54, 1.807) is 6.92 Å². The zero-order valence-electron chi connectivity index (χ0n) is 15.2. The van der Waals surface area contributed by atoms with Gasteiger partial charge >= 0.3 is 12.3 Å². The van der Waals surface area contributed by atoms with Crippen LogP contribution < -0.4 is 15.4 Å². The van der Waals surface area contributed by atoms with E-state index in [1.165, 1.54) is 24.3 Å². The smallest absolute Gasteiger partial charge is 0.457 e. The number of halogens is 3. The van der Waals surface area contributed by atoms with E-state index in [2.05, 4.69) is 15.4 Å². The van der Waals surface area contributed by atoms with Gasteiger partial charge in [-0.2, -0.15) is 0 Å². The molecule has 0 bridgehead atoms. The summed E-state index contributed by atoms with van der Waals surface area (Å²) in [7, 11) is 0. The third-order valence-corrected chi connectivity index (χ3v) is 4.37. The van der Waals surface area contributed by atoms with Gasteiger partial charge in [-0.05, 0) is 42.4 Å². The van der Waals surface area contributed by atoms with Crippen LogP contribution in [-0.2, 0) is 16.1 Å². The molecule has 1 heterocycles. The van der Waals surface area contributed by atoms with Gasteiger partial charge in [-0.15, -0.1) is 13.2 Å². The van der Waals surface area contributed by atoms with Crippen molar-refractivity contribution in [2.45, 2.75) is 25.9 Å². The zero-order chi connectivity index (χ0) is 21.0. The lowest BCUT2D eigenvalue weighted by atomic mass is 9.95. The van der Waals surface area contributed by atoms with Crippen molar-refractivity contribution in [3.8, 4) is 5.75 Å². The molecule has 5 nitrogen and oxygen atoms in total. The molecule has 0 aliphatic carbocycles. The van der Waals surface area contributed by atoms with Crippen LogP contribution in [-0.4, -0.2) is 17.4 Å². The fourth-order valence-corrected chi connectivity index (χ4v) is 3.15. The Morgan fingerprint density at radius 3 is 2.38 bits per heavy atom. The molecule has 0 amide bonds. The molecule has 9 heteroatoms. The molecule has 3 rings (SSSR count). The van der Waals surface area contributed by atoms with Crippen molar-refractivity contribution < 1.29 is 27.4 Å². The normalized spacial score (nSPS) is 16.7. The predicted molar refractivity (Wildman–Crippen MR) is 104 cm³/mol. The van der Waals surface area contributed by atoms with Crippen molar-refractivity contribution in [3.63, 3.8) is 0 Å². The van der Waals surface area contributed by atoms with Crippen molar-refractivity contribution >= 4 is 23.3 Å². The number of allylic oxidation sites excluding steroid dienone is 1. The van der Waals surface area contributed by atoms with E-state index in [4.69, 9.17) is 17.0 Å². The second kappa shape index (κ2) is 8.52. The molecule has 152 valence electrons. The number of esters is 1. The van der Waals surface area contributed by atoms with E-state index in [-0.39, 0.29) is 12.4 Å². The maximum absolute atomic E-state index is 12.8. The minimum Gasteiger partial charge on any atom is -0.457 e. The third-order valence-electron chi connectivity index (χ3n) is 4.15. The van der Waals surface area contributed by atoms with Crippen LogP contribution in [0.4, 0.5) is 13.2 Å². The maximum Gasteiger partial charge on any atom is 0.573 e. The number of benzene rings is 2. The largest absolute Gasteiger partial charge is 0.573 e. The van der Waals surface area contributed by atoms with Gasteiger partial charge in [0.25, 0.3) is 0 Å². The Labute approximate surface area is 170 Å². The van der Waals surface area contributed by atoms with Gasteiger partial charge in [0.1, 0.15) is 12.4 Å². The fourth-order valence-electron chi connectivity index (χ4n) is 2.88. The highest BCUT2D eigenvalue weighted by Crippen LogP contribution is 2.30. The first-order valence-electron chi connectivity index (χ1n) is 8.58. The Morgan fingerprint density at radius 1 is 1.10 bits per heavy atom. The summed E-state index contributed by atoms with van der Waals surface area (Å²) >= 11 is 5.16. The second-order valence-corrected chi connectivity index (χ2v) is 6.66. The van der Waals surface area contributed by atoms with Gasteiger partial charge in [0, 0.05) is 5.70 Å². The average molecular weight is 422 g/mol. The second-order valence-electron chi connectivity index (χ2n) is 6.25. The lowest BCUT2D eigenvalue weighted by Gasteiger charge is -2.30. The van der Waals surface area contributed by atoms with Gasteiger partial charge < -0.3 is 20.1 Å². The summed E-state index contributed by atoms with van der Waals surface area (Å²) in [4.78, 5) is 12.8. The molecule has 0 saturated heterocycles. The molecule has 1 atom stereocenters. The standard InChI is InChI=1S/C20H17F3N2O3S/c1-12-16(18(26)27-11-13-5-3-2-4-6-13)17(25-19(29)24-12)14-7-9-15(10-8-14)28-20(21,22)23/h2-10,17H,11H2,1H3,(H2,24,25,29). The lowest BCUT2D eigenvalue weighted by molar-refractivity contribution is -0.274. The molecule has 0 fully saturated rings. The van der Waals surface area contributed by atoms with Gasteiger partial charge in [0.05, 0.1) is 11.6 Å². The van der Waals surface area contributed by atoms with Crippen LogP contribution in [0.1, 0.15) is 24.1 Å². The van der Waals surface area contributed by atoms with Crippen LogP contribution in [0.3, 0.4) is 0 Å². The molecule has 2 aromatic carbocycles. The quantitative estimate of drug-likeness (QED) is 0.559. The van der Waals surface area contributed by atoms with Crippen LogP contribution in [0.2, 0.25) is 0 Å². The van der Waals surface area contributed by atoms with E-state index in [0.717, 1.165) is 5.56 Å². The fraction of sp³-hybridized carbons (Fsp3) is 0.200. The number of carbonyl (C=O) groups excluding carboxylic acids is 1. The highest BCUT2D eigenvalue weighted by atomic mass is 32.1. The van der Waals surface area contributed by atoms with Crippen LogP contribution in [0.25, 0.3) is 0 Å². The first-order valence-corrected chi connectivity index (χ1v) is 8.99. The number of thiocarbonyl (C=S) groups is 1. The van der Waals surface area contributed by atoms with Crippen molar-refractivity contribution in [3.05, 3.63) is 77.0 Å². The highest BCUT2D eigenvalue weighted by Gasteiger charge is 2.33. The number of rotatable bonds is 5. The van der Waals surface area contributed by atoms with Gasteiger partial charge in [0.15, 0.2) is 5.11 Å². The molecular weight excluding hydrogens is 405 g/mol. The van der Waals surface area contributed by atoms with Gasteiger partial charge in [-0.1, -0.05) is 42.5 Å². The van der Waals surface area contributed by atoms with Crippen LogP contribution in [0.5, 0.6) is 5.75 Å². The minimum atomic E-state index is -4.78. The molecule has 29 heavy (non-hydrogen) atoms. The molecule has 2 aromatic rings. The van der Waals surface area contributed by atoms with E-state index in [9.17, 15) is 18.0 Å². The number of alkyl halides is 3. The first-order chi connectivity index (χ1) is 13.7. The summed E-state index contributed by atoms with van der Waals surface area (Å²) in [6.07, 6.45) is -4.78. The van der Waals surface area contributed by atoms with Gasteiger partial charge in [-0.25, -0.2) is 4.79 Å². The summed E-state index contributed by atoms with van der Waals surface area (Å²) in [6.45, 7) is 1.77. The van der Waals surface area contributed by atoms with E-state index in [1.807, 2.05) is 30.3 Å². The summed E-state index contributed by atoms with van der Waals surface area (Å²) in [5.41, 5.74) is 2.16. The Kier molecular flexibility index (Phi) is 6.07. The molecule has 1 aliphatic heterocycles. The Balaban J connectivity index is 1.81. The summed E-state index contributed by atoms with van der Waals surface area (Å²) in [5, 5.41) is 6.13. The Morgan fingerprint density at radius 2 is 1.76 bits per heavy atom. The molecule has 0 spiro atoms. The predicted octanol–water partition coefficient (Wildman–Crippen LogP) is 4.12. The monoisotopic (exact) mass is 422 g/mol. The Bertz CT molecular complexity index is 928. The summed E-state index contributed by atoms with van der Waals surface area (Å²) in [5.74, 6) is -0.916. The molecule has 0 radical (unpaired) electrons. The molecule has 1 unspecified atom stereocenters. The van der Waals surface area contributed by atoms with Gasteiger partial charge in [-0.3, -0.25) is 0 Å². The summed E-state index contributed by atoms with van der Waals surface area (Å²) < 4.78 is 46.4. The van der Waals surface area contributed by atoms with E-state index in [0.29, 0.717) is 21.9 Å². The number of hydrogen-bond donors (Lipinski definition) is 2. The highest BCUT2D eigenvalue weighted by molar-refractivity contribution is 7.80. The zero-order valence-corrected chi connectivity index (χ0v) is 16.1. The first kappa shape index (κ1) is 20.7. The molecular formula is C20H17F3N2O3S. The van der Waals surface area contributed by atoms with Crippen molar-refractivity contribution in [2.24, 2.45) is 0 Å². The SMILES string of the molecule is CC1=C(C(=O)OCc2ccccc2)C(c2ccc(OC(F)(F)F)cc2)NC(=S)N1.